The van der Waals surface area contributed by atoms with Gasteiger partial charge in [0, 0.05) is 26.1 Å². The van der Waals surface area contributed by atoms with Crippen LogP contribution in [-0.2, 0) is 16.0 Å². The molecule has 32 heavy (non-hydrogen) atoms. The van der Waals surface area contributed by atoms with Crippen molar-refractivity contribution in [3.63, 3.8) is 0 Å². The molecule has 0 radical (unpaired) electrons. The number of amides is 1. The average molecular weight is 444 g/mol. The van der Waals surface area contributed by atoms with Gasteiger partial charge in [0.15, 0.2) is 23.0 Å². The first kappa shape index (κ1) is 23.4. The summed E-state index contributed by atoms with van der Waals surface area (Å²) >= 11 is 0. The fourth-order valence-electron chi connectivity index (χ4n) is 3.21. The quantitative estimate of drug-likeness (QED) is 0.292. The van der Waals surface area contributed by atoms with Crippen molar-refractivity contribution in [2.45, 2.75) is 12.8 Å². The zero-order valence-corrected chi connectivity index (χ0v) is 18.1. The molecule has 3 N–H and O–H groups in total. The van der Waals surface area contributed by atoms with Crippen molar-refractivity contribution in [2.75, 3.05) is 46.6 Å². The predicted molar refractivity (Wildman–Crippen MR) is 120 cm³/mol. The third-order valence-corrected chi connectivity index (χ3v) is 5.04. The van der Waals surface area contributed by atoms with Gasteiger partial charge >= 0.3 is 0 Å². The first-order valence-corrected chi connectivity index (χ1v) is 10.5. The number of hydrogen-bond donors (Lipinski definition) is 3. The molecular weight excluding hydrogens is 414 g/mol. The second-order valence-corrected chi connectivity index (χ2v) is 7.33. The third-order valence-electron chi connectivity index (χ3n) is 5.04. The molecule has 3 rings (SSSR count). The Balaban J connectivity index is 1.45. The predicted octanol–water partition coefficient (Wildman–Crippen LogP) is 1.90. The van der Waals surface area contributed by atoms with Gasteiger partial charge in [-0.3, -0.25) is 9.69 Å². The second kappa shape index (κ2) is 11.9. The zero-order chi connectivity index (χ0) is 22.8. The van der Waals surface area contributed by atoms with E-state index in [0.717, 1.165) is 44.0 Å². The number of hydrogen-bond acceptors (Lipinski definition) is 8. The molecule has 9 heteroatoms. The number of carbonyl (C=O) groups excluding carboxylic acids is 1. The van der Waals surface area contributed by atoms with Crippen LogP contribution < -0.4 is 14.9 Å². The van der Waals surface area contributed by atoms with Crippen LogP contribution in [0.25, 0.3) is 0 Å². The number of hydrazone groups is 1. The summed E-state index contributed by atoms with van der Waals surface area (Å²) < 4.78 is 16.6. The molecule has 0 aromatic heterocycles. The summed E-state index contributed by atoms with van der Waals surface area (Å²) in [5.41, 5.74) is 3.98. The minimum Gasteiger partial charge on any atom is -0.504 e. The van der Waals surface area contributed by atoms with Gasteiger partial charge in [0.05, 0.1) is 26.5 Å². The van der Waals surface area contributed by atoms with Crippen LogP contribution in [0.3, 0.4) is 0 Å². The molecule has 0 atom stereocenters. The van der Waals surface area contributed by atoms with Gasteiger partial charge in [-0.25, -0.2) is 5.43 Å². The Morgan fingerprint density at radius 3 is 2.72 bits per heavy atom. The smallest absolute Gasteiger partial charge is 0.240 e. The number of nitrogens with zero attached hydrogens (tertiary/aromatic N) is 2. The number of benzene rings is 2. The molecule has 2 aromatic carbocycles. The van der Waals surface area contributed by atoms with Gasteiger partial charge in [-0.15, -0.1) is 0 Å². The molecule has 0 bridgehead atoms. The molecule has 1 amide bonds. The molecule has 0 saturated carbocycles. The molecule has 1 fully saturated rings. The summed E-state index contributed by atoms with van der Waals surface area (Å²) in [6.45, 7) is 4.73. The van der Waals surface area contributed by atoms with Crippen molar-refractivity contribution in [3.8, 4) is 23.0 Å². The van der Waals surface area contributed by atoms with Crippen molar-refractivity contribution < 1.29 is 29.2 Å². The number of phenolic OH excluding ortho intramolecular Hbond substituents is 2. The molecule has 9 nitrogen and oxygen atoms in total. The standard InChI is InChI=1S/C23H29N3O6/c1-30-22-15-18(3-6-21(22)32-13-10-26-8-11-31-12-9-26)16-24-25-23(29)7-4-17-2-5-19(27)20(28)14-17/h2-3,5-6,14-16,27-28H,4,7-13H2,1H3,(H,25,29)/b24-16+. The SMILES string of the molecule is COc1cc(/C=N/NC(=O)CCc2ccc(O)c(O)c2)ccc1OCCN1CCOCC1. The number of nitrogens with one attached hydrogen (secondary N) is 1. The van der Waals surface area contributed by atoms with E-state index in [-0.39, 0.29) is 23.8 Å². The Bertz CT molecular complexity index is 928. The highest BCUT2D eigenvalue weighted by Gasteiger charge is 2.11. The zero-order valence-electron chi connectivity index (χ0n) is 18.1. The van der Waals surface area contributed by atoms with E-state index in [1.54, 1.807) is 19.2 Å². The highest BCUT2D eigenvalue weighted by molar-refractivity contribution is 5.83. The summed E-state index contributed by atoms with van der Waals surface area (Å²) in [5, 5.41) is 22.8. The van der Waals surface area contributed by atoms with E-state index in [1.807, 2.05) is 12.1 Å². The Morgan fingerprint density at radius 2 is 1.97 bits per heavy atom. The Hall–Kier alpha value is -3.30. The minimum absolute atomic E-state index is 0.188. The summed E-state index contributed by atoms with van der Waals surface area (Å²) in [5.74, 6) is 0.590. The lowest BCUT2D eigenvalue weighted by molar-refractivity contribution is -0.121. The van der Waals surface area contributed by atoms with Gasteiger partial charge in [0.2, 0.25) is 5.91 Å². The van der Waals surface area contributed by atoms with Crippen LogP contribution in [0.4, 0.5) is 0 Å². The van der Waals surface area contributed by atoms with E-state index in [1.165, 1.54) is 18.3 Å². The number of carbonyl (C=O) groups is 1. The van der Waals surface area contributed by atoms with Crippen LogP contribution in [0, 0.1) is 0 Å². The summed E-state index contributed by atoms with van der Waals surface area (Å²) in [7, 11) is 1.58. The summed E-state index contributed by atoms with van der Waals surface area (Å²) in [6, 6.07) is 9.92. The monoisotopic (exact) mass is 443 g/mol. The molecule has 2 aromatic rings. The topological polar surface area (TPSA) is 113 Å². The van der Waals surface area contributed by atoms with Gasteiger partial charge < -0.3 is 24.4 Å². The van der Waals surface area contributed by atoms with Crippen molar-refractivity contribution >= 4 is 12.1 Å². The van der Waals surface area contributed by atoms with Crippen molar-refractivity contribution in [2.24, 2.45) is 5.10 Å². The Labute approximate surface area is 187 Å². The van der Waals surface area contributed by atoms with Crippen LogP contribution in [0.1, 0.15) is 17.5 Å². The lowest BCUT2D eigenvalue weighted by Crippen LogP contribution is -2.38. The van der Waals surface area contributed by atoms with Crippen molar-refractivity contribution in [1.82, 2.24) is 10.3 Å². The number of rotatable bonds is 10. The normalized spacial score (nSPS) is 14.4. The maximum atomic E-state index is 12.0. The molecule has 1 heterocycles. The van der Waals surface area contributed by atoms with Crippen LogP contribution in [-0.4, -0.2) is 73.8 Å². The number of morpholine rings is 1. The van der Waals surface area contributed by atoms with E-state index in [0.29, 0.717) is 24.5 Å². The molecule has 1 saturated heterocycles. The molecule has 0 spiro atoms. The number of aryl methyl sites for hydroxylation is 1. The van der Waals surface area contributed by atoms with Crippen LogP contribution >= 0.6 is 0 Å². The number of aromatic hydroxyl groups is 2. The fraction of sp³-hybridized carbons (Fsp3) is 0.391. The van der Waals surface area contributed by atoms with Crippen molar-refractivity contribution in [1.29, 1.82) is 0 Å². The lowest BCUT2D eigenvalue weighted by Gasteiger charge is -2.26. The highest BCUT2D eigenvalue weighted by atomic mass is 16.5. The van der Waals surface area contributed by atoms with E-state index >= 15 is 0 Å². The van der Waals surface area contributed by atoms with Crippen LogP contribution in [0.2, 0.25) is 0 Å². The van der Waals surface area contributed by atoms with E-state index in [9.17, 15) is 15.0 Å². The Morgan fingerprint density at radius 1 is 1.16 bits per heavy atom. The van der Waals surface area contributed by atoms with Gasteiger partial charge in [0.1, 0.15) is 6.61 Å². The lowest BCUT2D eigenvalue weighted by atomic mass is 10.1. The number of phenols is 2. The fourth-order valence-corrected chi connectivity index (χ4v) is 3.21. The average Bonchev–Trinajstić information content (AvgIpc) is 2.81. The molecule has 1 aliphatic rings. The molecule has 172 valence electrons. The largest absolute Gasteiger partial charge is 0.504 e. The van der Waals surface area contributed by atoms with E-state index < -0.39 is 0 Å². The second-order valence-electron chi connectivity index (χ2n) is 7.33. The highest BCUT2D eigenvalue weighted by Crippen LogP contribution is 2.27. The maximum Gasteiger partial charge on any atom is 0.240 e. The van der Waals surface area contributed by atoms with E-state index in [2.05, 4.69) is 15.4 Å². The maximum absolute atomic E-state index is 12.0. The minimum atomic E-state index is -0.260. The van der Waals surface area contributed by atoms with Gasteiger partial charge in [-0.1, -0.05) is 6.07 Å². The molecule has 0 aliphatic carbocycles. The first-order valence-electron chi connectivity index (χ1n) is 10.5. The number of ether oxygens (including phenoxy) is 3. The molecule has 0 unspecified atom stereocenters. The molecule has 1 aliphatic heterocycles. The van der Waals surface area contributed by atoms with Gasteiger partial charge in [-0.2, -0.15) is 5.10 Å². The Kier molecular flexibility index (Phi) is 8.70. The van der Waals surface area contributed by atoms with E-state index in [4.69, 9.17) is 14.2 Å². The first-order chi connectivity index (χ1) is 15.5. The molecular formula is C23H29N3O6. The van der Waals surface area contributed by atoms with Crippen LogP contribution in [0.5, 0.6) is 23.0 Å². The summed E-state index contributed by atoms with van der Waals surface area (Å²) in [6.07, 6.45) is 2.14. The van der Waals surface area contributed by atoms with Crippen molar-refractivity contribution in [3.05, 3.63) is 47.5 Å². The van der Waals surface area contributed by atoms with Crippen LogP contribution in [0.15, 0.2) is 41.5 Å². The third kappa shape index (κ3) is 7.14. The number of methoxy groups -OCH3 is 1. The summed E-state index contributed by atoms with van der Waals surface area (Å²) in [4.78, 5) is 14.3. The van der Waals surface area contributed by atoms with Gasteiger partial charge in [-0.05, 0) is 47.9 Å². The van der Waals surface area contributed by atoms with Gasteiger partial charge in [0.25, 0.3) is 0 Å².